The molecule has 0 aliphatic carbocycles. The highest BCUT2D eigenvalue weighted by atomic mass is 17.2. The molecule has 5 heteroatoms. The molecule has 0 saturated heterocycles. The van der Waals surface area contributed by atoms with Gasteiger partial charge in [-0.15, -0.1) is 0 Å². The van der Waals surface area contributed by atoms with Gasteiger partial charge >= 0.3 is 0 Å². The average Bonchev–Trinajstić information content (AvgIpc) is 2.59. The second-order valence-electron chi connectivity index (χ2n) is 6.47. The first-order chi connectivity index (χ1) is 12.0. The standard InChI is InChI=1S/C20H31NO4/c1-4-12-24-25-13-8-6-5-7-9-15(2)20(23)18-11-10-17(21)14-19(18)16(3)22/h10-11,14-15H,4-9,12-13,21H2,1-3H3. The summed E-state index contributed by atoms with van der Waals surface area (Å²) in [5.74, 6) is -0.222. The highest BCUT2D eigenvalue weighted by molar-refractivity contribution is 6.09. The largest absolute Gasteiger partial charge is 0.399 e. The third-order valence-electron chi connectivity index (χ3n) is 4.12. The number of rotatable bonds is 13. The van der Waals surface area contributed by atoms with Crippen LogP contribution in [0.2, 0.25) is 0 Å². The smallest absolute Gasteiger partial charge is 0.166 e. The summed E-state index contributed by atoms with van der Waals surface area (Å²) >= 11 is 0. The normalized spacial score (nSPS) is 12.1. The molecule has 0 heterocycles. The van der Waals surface area contributed by atoms with Gasteiger partial charge in [-0.3, -0.25) is 9.59 Å². The maximum Gasteiger partial charge on any atom is 0.166 e. The van der Waals surface area contributed by atoms with Crippen molar-refractivity contribution < 1.29 is 19.4 Å². The van der Waals surface area contributed by atoms with Crippen molar-refractivity contribution >= 4 is 17.3 Å². The van der Waals surface area contributed by atoms with Crippen molar-refractivity contribution in [2.45, 2.75) is 59.3 Å². The van der Waals surface area contributed by atoms with Crippen LogP contribution in [0.25, 0.3) is 0 Å². The molecule has 1 rings (SSSR count). The van der Waals surface area contributed by atoms with Gasteiger partial charge in [-0.05, 0) is 44.4 Å². The molecule has 140 valence electrons. The van der Waals surface area contributed by atoms with Crippen LogP contribution in [0, 0.1) is 5.92 Å². The summed E-state index contributed by atoms with van der Waals surface area (Å²) in [5.41, 5.74) is 7.12. The van der Waals surface area contributed by atoms with E-state index in [2.05, 4.69) is 0 Å². The van der Waals surface area contributed by atoms with Gasteiger partial charge in [-0.25, -0.2) is 9.78 Å². The number of carbonyl (C=O) groups is 2. The van der Waals surface area contributed by atoms with Gasteiger partial charge in [0.15, 0.2) is 11.6 Å². The predicted octanol–water partition coefficient (Wildman–Crippen LogP) is 4.60. The molecule has 0 radical (unpaired) electrons. The first-order valence-electron chi connectivity index (χ1n) is 9.16. The number of benzene rings is 1. The maximum absolute atomic E-state index is 12.6. The molecular weight excluding hydrogens is 318 g/mol. The van der Waals surface area contributed by atoms with Crippen LogP contribution in [0.5, 0.6) is 0 Å². The molecule has 0 spiro atoms. The van der Waals surface area contributed by atoms with Crippen LogP contribution in [-0.2, 0) is 9.78 Å². The van der Waals surface area contributed by atoms with Crippen LogP contribution in [0.15, 0.2) is 18.2 Å². The fourth-order valence-corrected chi connectivity index (χ4v) is 2.63. The Morgan fingerprint density at radius 3 is 2.40 bits per heavy atom. The number of ketones is 2. The lowest BCUT2D eigenvalue weighted by Gasteiger charge is -2.13. The van der Waals surface area contributed by atoms with E-state index in [4.69, 9.17) is 15.5 Å². The van der Waals surface area contributed by atoms with E-state index in [9.17, 15) is 9.59 Å². The van der Waals surface area contributed by atoms with E-state index < -0.39 is 0 Å². The Balaban J connectivity index is 2.35. The lowest BCUT2D eigenvalue weighted by molar-refractivity contribution is -0.294. The summed E-state index contributed by atoms with van der Waals surface area (Å²) < 4.78 is 0. The highest BCUT2D eigenvalue weighted by Crippen LogP contribution is 2.21. The zero-order valence-corrected chi connectivity index (χ0v) is 15.7. The quantitative estimate of drug-likeness (QED) is 0.185. The Morgan fingerprint density at radius 1 is 1.04 bits per heavy atom. The Bertz CT molecular complexity index is 557. The van der Waals surface area contributed by atoms with Crippen molar-refractivity contribution in [2.24, 2.45) is 5.92 Å². The molecule has 25 heavy (non-hydrogen) atoms. The molecule has 1 aromatic carbocycles. The first-order valence-corrected chi connectivity index (χ1v) is 9.16. The fourth-order valence-electron chi connectivity index (χ4n) is 2.63. The predicted molar refractivity (Wildman–Crippen MR) is 99.6 cm³/mol. The molecule has 1 unspecified atom stereocenters. The number of Topliss-reactive ketones (excluding diaryl/α,β-unsaturated/α-hetero) is 2. The zero-order chi connectivity index (χ0) is 18.7. The molecule has 0 bridgehead atoms. The zero-order valence-electron chi connectivity index (χ0n) is 15.7. The van der Waals surface area contributed by atoms with Crippen LogP contribution in [0.3, 0.4) is 0 Å². The van der Waals surface area contributed by atoms with E-state index >= 15 is 0 Å². The third kappa shape index (κ3) is 7.80. The van der Waals surface area contributed by atoms with Crippen molar-refractivity contribution in [3.05, 3.63) is 29.3 Å². The van der Waals surface area contributed by atoms with Crippen molar-refractivity contribution in [1.82, 2.24) is 0 Å². The van der Waals surface area contributed by atoms with Gasteiger partial charge in [-0.2, -0.15) is 0 Å². The number of unbranched alkanes of at least 4 members (excludes halogenated alkanes) is 3. The van der Waals surface area contributed by atoms with Crippen LogP contribution in [-0.4, -0.2) is 24.8 Å². The molecule has 0 amide bonds. The molecule has 0 aromatic heterocycles. The van der Waals surface area contributed by atoms with Gasteiger partial charge in [-0.1, -0.05) is 33.1 Å². The fraction of sp³-hybridized carbons (Fsp3) is 0.600. The summed E-state index contributed by atoms with van der Waals surface area (Å²) in [6, 6.07) is 4.93. The summed E-state index contributed by atoms with van der Waals surface area (Å²) in [6.07, 6.45) is 5.80. The Morgan fingerprint density at radius 2 is 1.72 bits per heavy atom. The van der Waals surface area contributed by atoms with Crippen molar-refractivity contribution in [3.8, 4) is 0 Å². The third-order valence-corrected chi connectivity index (χ3v) is 4.12. The number of nitrogen functional groups attached to an aromatic ring is 1. The molecule has 0 aliphatic heterocycles. The van der Waals surface area contributed by atoms with E-state index in [0.29, 0.717) is 30.0 Å². The maximum atomic E-state index is 12.6. The Hall–Kier alpha value is -1.72. The van der Waals surface area contributed by atoms with Crippen LogP contribution in [0.1, 0.15) is 80.0 Å². The van der Waals surface area contributed by atoms with Gasteiger partial charge in [0.2, 0.25) is 0 Å². The minimum atomic E-state index is -0.131. The van der Waals surface area contributed by atoms with E-state index in [1.807, 2.05) is 13.8 Å². The number of anilines is 1. The number of nitrogens with two attached hydrogens (primary N) is 1. The number of hydrogen-bond acceptors (Lipinski definition) is 5. The minimum Gasteiger partial charge on any atom is -0.399 e. The van der Waals surface area contributed by atoms with Crippen molar-refractivity contribution in [1.29, 1.82) is 0 Å². The van der Waals surface area contributed by atoms with Gasteiger partial charge in [0.1, 0.15) is 0 Å². The minimum absolute atomic E-state index is 0.0153. The van der Waals surface area contributed by atoms with Gasteiger partial charge in [0.05, 0.1) is 13.2 Å². The summed E-state index contributed by atoms with van der Waals surface area (Å²) in [5, 5.41) is 0. The topological polar surface area (TPSA) is 78.6 Å². The lowest BCUT2D eigenvalue weighted by atomic mass is 9.90. The van der Waals surface area contributed by atoms with E-state index in [1.54, 1.807) is 18.2 Å². The molecule has 2 N–H and O–H groups in total. The van der Waals surface area contributed by atoms with Crippen LogP contribution >= 0.6 is 0 Å². The van der Waals surface area contributed by atoms with Crippen LogP contribution < -0.4 is 5.73 Å². The van der Waals surface area contributed by atoms with E-state index in [-0.39, 0.29) is 17.5 Å². The van der Waals surface area contributed by atoms with Gasteiger partial charge < -0.3 is 5.73 Å². The molecule has 0 fully saturated rings. The molecular formula is C20H31NO4. The second-order valence-corrected chi connectivity index (χ2v) is 6.47. The van der Waals surface area contributed by atoms with E-state index in [0.717, 1.165) is 38.5 Å². The average molecular weight is 349 g/mol. The first kappa shape index (κ1) is 21.3. The Labute approximate surface area is 150 Å². The second kappa shape index (κ2) is 11.8. The molecule has 0 saturated carbocycles. The number of carbonyl (C=O) groups excluding carboxylic acids is 2. The monoisotopic (exact) mass is 349 g/mol. The molecule has 1 aromatic rings. The van der Waals surface area contributed by atoms with E-state index in [1.165, 1.54) is 6.92 Å². The Kier molecular flexibility index (Phi) is 10.0. The summed E-state index contributed by atoms with van der Waals surface area (Å²) in [4.78, 5) is 34.4. The number of hydrogen-bond donors (Lipinski definition) is 1. The SMILES string of the molecule is CCCOOCCCCCCC(C)C(=O)c1ccc(N)cc1C(C)=O. The molecule has 0 aliphatic rings. The molecule has 1 atom stereocenters. The van der Waals surface area contributed by atoms with Gasteiger partial charge in [0.25, 0.3) is 0 Å². The molecule has 5 nitrogen and oxygen atoms in total. The highest BCUT2D eigenvalue weighted by Gasteiger charge is 2.20. The summed E-state index contributed by atoms with van der Waals surface area (Å²) in [7, 11) is 0. The van der Waals surface area contributed by atoms with Crippen molar-refractivity contribution in [3.63, 3.8) is 0 Å². The van der Waals surface area contributed by atoms with Crippen molar-refractivity contribution in [2.75, 3.05) is 18.9 Å². The lowest BCUT2D eigenvalue weighted by Crippen LogP contribution is -2.15. The summed E-state index contributed by atoms with van der Waals surface area (Å²) in [6.45, 7) is 6.66. The van der Waals surface area contributed by atoms with Crippen LogP contribution in [0.4, 0.5) is 5.69 Å². The van der Waals surface area contributed by atoms with Gasteiger partial charge in [0, 0.05) is 22.7 Å².